The zero-order chi connectivity index (χ0) is 18.0. The van der Waals surface area contributed by atoms with Crippen molar-refractivity contribution in [2.75, 3.05) is 6.61 Å². The van der Waals surface area contributed by atoms with E-state index in [1.807, 2.05) is 0 Å². The standard InChI is InChI=1S/C18H19F2NO3S/c19-14-4-8-17(18(20)10-14)13-2-6-16(7-3-13)25(23,24)21-15-5-1-12(9-15)11-22/h2-4,6-8,10,12,15,21-22H,1,5,9,11H2/t12-,15+/m1/s1. The van der Waals surface area contributed by atoms with Gasteiger partial charge in [-0.25, -0.2) is 21.9 Å². The maximum atomic E-state index is 13.8. The summed E-state index contributed by atoms with van der Waals surface area (Å²) in [5.74, 6) is -1.23. The van der Waals surface area contributed by atoms with E-state index in [2.05, 4.69) is 4.72 Å². The Labute approximate surface area is 145 Å². The van der Waals surface area contributed by atoms with Gasteiger partial charge in [-0.1, -0.05) is 12.1 Å². The van der Waals surface area contributed by atoms with Gasteiger partial charge in [-0.05, 0) is 55.0 Å². The minimum atomic E-state index is -3.68. The number of benzene rings is 2. The quantitative estimate of drug-likeness (QED) is 0.854. The van der Waals surface area contributed by atoms with E-state index in [4.69, 9.17) is 5.11 Å². The highest BCUT2D eigenvalue weighted by atomic mass is 32.2. The Morgan fingerprint density at radius 1 is 1.08 bits per heavy atom. The third-order valence-electron chi connectivity index (χ3n) is 4.53. The van der Waals surface area contributed by atoms with E-state index >= 15 is 0 Å². The van der Waals surface area contributed by atoms with Crippen LogP contribution in [0, 0.1) is 17.6 Å². The molecule has 0 radical (unpaired) electrons. The average molecular weight is 367 g/mol. The first-order chi connectivity index (χ1) is 11.9. The lowest BCUT2D eigenvalue weighted by Gasteiger charge is -2.13. The zero-order valence-electron chi connectivity index (χ0n) is 13.5. The number of hydrogen-bond donors (Lipinski definition) is 2. The number of sulfonamides is 1. The van der Waals surface area contributed by atoms with Crippen LogP contribution in [-0.4, -0.2) is 26.2 Å². The van der Waals surface area contributed by atoms with E-state index in [1.165, 1.54) is 30.3 Å². The van der Waals surface area contributed by atoms with E-state index < -0.39 is 21.7 Å². The largest absolute Gasteiger partial charge is 0.396 e. The molecular weight excluding hydrogens is 348 g/mol. The van der Waals surface area contributed by atoms with Crippen LogP contribution < -0.4 is 4.72 Å². The van der Waals surface area contributed by atoms with Gasteiger partial charge in [-0.3, -0.25) is 0 Å². The summed E-state index contributed by atoms with van der Waals surface area (Å²) >= 11 is 0. The third-order valence-corrected chi connectivity index (χ3v) is 6.06. The summed E-state index contributed by atoms with van der Waals surface area (Å²) in [5, 5.41) is 9.15. The van der Waals surface area contributed by atoms with Crippen LogP contribution in [0.1, 0.15) is 19.3 Å². The summed E-state index contributed by atoms with van der Waals surface area (Å²) in [4.78, 5) is 0.0891. The van der Waals surface area contributed by atoms with Crippen molar-refractivity contribution < 1.29 is 22.3 Å². The Hall–Kier alpha value is -1.83. The van der Waals surface area contributed by atoms with E-state index in [0.29, 0.717) is 18.4 Å². The molecule has 0 amide bonds. The minimum Gasteiger partial charge on any atom is -0.396 e. The highest BCUT2D eigenvalue weighted by Gasteiger charge is 2.28. The number of nitrogens with one attached hydrogen (secondary N) is 1. The van der Waals surface area contributed by atoms with Crippen LogP contribution in [0.15, 0.2) is 47.4 Å². The van der Waals surface area contributed by atoms with Gasteiger partial charge in [0, 0.05) is 24.3 Å². The van der Waals surface area contributed by atoms with E-state index in [0.717, 1.165) is 18.6 Å². The van der Waals surface area contributed by atoms with E-state index in [1.54, 1.807) is 0 Å². The van der Waals surface area contributed by atoms with Gasteiger partial charge < -0.3 is 5.11 Å². The van der Waals surface area contributed by atoms with Crippen LogP contribution in [0.2, 0.25) is 0 Å². The zero-order valence-corrected chi connectivity index (χ0v) is 14.3. The first-order valence-electron chi connectivity index (χ1n) is 8.08. The summed E-state index contributed by atoms with van der Waals surface area (Å²) in [6, 6.07) is 8.88. The van der Waals surface area contributed by atoms with Crippen LogP contribution in [0.25, 0.3) is 11.1 Å². The fraction of sp³-hybridized carbons (Fsp3) is 0.333. The number of aliphatic hydroxyl groups excluding tert-OH is 1. The van der Waals surface area contributed by atoms with Crippen LogP contribution in [0.5, 0.6) is 0 Å². The molecular formula is C18H19F2NO3S. The predicted molar refractivity (Wildman–Crippen MR) is 90.3 cm³/mol. The lowest BCUT2D eigenvalue weighted by molar-refractivity contribution is 0.228. The van der Waals surface area contributed by atoms with Crippen molar-refractivity contribution in [2.45, 2.75) is 30.2 Å². The molecule has 2 aromatic rings. The summed E-state index contributed by atoms with van der Waals surface area (Å²) in [7, 11) is -3.68. The first kappa shape index (κ1) is 18.0. The molecule has 3 rings (SSSR count). The molecule has 0 aromatic heterocycles. The van der Waals surface area contributed by atoms with Gasteiger partial charge in [0.2, 0.25) is 10.0 Å². The van der Waals surface area contributed by atoms with Crippen LogP contribution in [-0.2, 0) is 10.0 Å². The molecule has 4 nitrogen and oxygen atoms in total. The molecule has 0 aliphatic heterocycles. The van der Waals surface area contributed by atoms with Crippen molar-refractivity contribution in [3.8, 4) is 11.1 Å². The molecule has 0 bridgehead atoms. The van der Waals surface area contributed by atoms with E-state index in [-0.39, 0.29) is 29.0 Å². The third kappa shape index (κ3) is 4.05. The Bertz CT molecular complexity index is 853. The van der Waals surface area contributed by atoms with Crippen molar-refractivity contribution in [2.24, 2.45) is 5.92 Å². The number of aliphatic hydroxyl groups is 1. The van der Waals surface area contributed by atoms with E-state index in [9.17, 15) is 17.2 Å². The van der Waals surface area contributed by atoms with Crippen molar-refractivity contribution in [1.82, 2.24) is 4.72 Å². The summed E-state index contributed by atoms with van der Waals surface area (Å²) in [6.07, 6.45) is 2.12. The maximum Gasteiger partial charge on any atom is 0.240 e. The summed E-state index contributed by atoms with van der Waals surface area (Å²) in [6.45, 7) is 0.0656. The monoisotopic (exact) mass is 367 g/mol. The lowest BCUT2D eigenvalue weighted by atomic mass is 10.1. The highest BCUT2D eigenvalue weighted by molar-refractivity contribution is 7.89. The molecule has 2 atom stereocenters. The summed E-state index contributed by atoms with van der Waals surface area (Å²) < 4.78 is 54.3. The molecule has 134 valence electrons. The Balaban J connectivity index is 1.77. The normalized spacial score (nSPS) is 20.8. The molecule has 1 aliphatic carbocycles. The number of halogens is 2. The molecule has 1 saturated carbocycles. The molecule has 0 spiro atoms. The molecule has 7 heteroatoms. The molecule has 0 unspecified atom stereocenters. The van der Waals surface area contributed by atoms with Crippen molar-refractivity contribution >= 4 is 10.0 Å². The van der Waals surface area contributed by atoms with Gasteiger partial charge in [0.05, 0.1) is 4.90 Å². The molecule has 2 N–H and O–H groups in total. The second-order valence-electron chi connectivity index (χ2n) is 6.33. The van der Waals surface area contributed by atoms with Crippen molar-refractivity contribution in [1.29, 1.82) is 0 Å². The van der Waals surface area contributed by atoms with Gasteiger partial charge in [-0.2, -0.15) is 0 Å². The minimum absolute atomic E-state index is 0.0656. The van der Waals surface area contributed by atoms with Gasteiger partial charge >= 0.3 is 0 Å². The topological polar surface area (TPSA) is 66.4 Å². The first-order valence-corrected chi connectivity index (χ1v) is 9.56. The lowest BCUT2D eigenvalue weighted by Crippen LogP contribution is -2.33. The summed E-state index contributed by atoms with van der Waals surface area (Å²) in [5.41, 5.74) is 0.678. The molecule has 0 heterocycles. The molecule has 1 fully saturated rings. The molecule has 25 heavy (non-hydrogen) atoms. The van der Waals surface area contributed by atoms with Gasteiger partial charge in [0.1, 0.15) is 11.6 Å². The SMILES string of the molecule is O=S(=O)(N[C@H]1CC[C@@H](CO)C1)c1ccc(-c2ccc(F)cc2F)cc1. The second-order valence-corrected chi connectivity index (χ2v) is 8.04. The van der Waals surface area contributed by atoms with Crippen LogP contribution in [0.3, 0.4) is 0 Å². The molecule has 2 aromatic carbocycles. The fourth-order valence-corrected chi connectivity index (χ4v) is 4.46. The van der Waals surface area contributed by atoms with Gasteiger partial charge in [-0.15, -0.1) is 0 Å². The predicted octanol–water partition coefficient (Wildman–Crippen LogP) is 3.07. The Morgan fingerprint density at radius 2 is 1.80 bits per heavy atom. The molecule has 1 aliphatic rings. The van der Waals surface area contributed by atoms with Crippen LogP contribution >= 0.6 is 0 Å². The van der Waals surface area contributed by atoms with Crippen LogP contribution in [0.4, 0.5) is 8.78 Å². The average Bonchev–Trinajstić information content (AvgIpc) is 3.02. The Kier molecular flexibility index (Phi) is 5.17. The number of rotatable bonds is 5. The second kappa shape index (κ2) is 7.19. The van der Waals surface area contributed by atoms with Crippen molar-refractivity contribution in [3.63, 3.8) is 0 Å². The fourth-order valence-electron chi connectivity index (χ4n) is 3.17. The molecule has 0 saturated heterocycles. The Morgan fingerprint density at radius 3 is 2.40 bits per heavy atom. The van der Waals surface area contributed by atoms with Gasteiger partial charge in [0.25, 0.3) is 0 Å². The maximum absolute atomic E-state index is 13.8. The highest BCUT2D eigenvalue weighted by Crippen LogP contribution is 2.28. The van der Waals surface area contributed by atoms with Gasteiger partial charge in [0.15, 0.2) is 0 Å². The smallest absolute Gasteiger partial charge is 0.240 e. The van der Waals surface area contributed by atoms with Crippen molar-refractivity contribution in [3.05, 3.63) is 54.1 Å². The number of hydrogen-bond acceptors (Lipinski definition) is 3.